The van der Waals surface area contributed by atoms with Crippen LogP contribution in [-0.4, -0.2) is 35.9 Å². The van der Waals surface area contributed by atoms with Crippen molar-refractivity contribution in [3.63, 3.8) is 0 Å². The maximum absolute atomic E-state index is 11.1. The van der Waals surface area contributed by atoms with Crippen molar-refractivity contribution < 1.29 is 19.2 Å². The molecular formula is C17H23BClNO4. The highest BCUT2D eigenvalue weighted by Crippen LogP contribution is 2.38. The monoisotopic (exact) mass is 351 g/mol. The van der Waals surface area contributed by atoms with E-state index in [0.717, 1.165) is 11.0 Å². The number of carboxylic acid groups (broad SMARTS) is 1. The largest absolute Gasteiger partial charge is 0.491 e. The molecule has 0 saturated carbocycles. The molecule has 24 heavy (non-hydrogen) atoms. The van der Waals surface area contributed by atoms with E-state index in [1.165, 1.54) is 0 Å². The summed E-state index contributed by atoms with van der Waals surface area (Å²) in [6, 6.07) is 5.15. The van der Waals surface area contributed by atoms with E-state index in [0.29, 0.717) is 10.6 Å². The number of hydrogen-bond acceptors (Lipinski definition) is 4. The van der Waals surface area contributed by atoms with Crippen molar-refractivity contribution in [3.8, 4) is 0 Å². The topological polar surface area (TPSA) is 81.8 Å². The molecule has 1 heterocycles. The Labute approximate surface area is 147 Å². The van der Waals surface area contributed by atoms with Crippen LogP contribution in [0.1, 0.15) is 38.8 Å². The summed E-state index contributed by atoms with van der Waals surface area (Å²) in [5.41, 5.74) is 7.09. The number of benzene rings is 1. The zero-order valence-corrected chi connectivity index (χ0v) is 15.2. The minimum absolute atomic E-state index is 0.117. The predicted molar refractivity (Wildman–Crippen MR) is 95.9 cm³/mol. The quantitative estimate of drug-likeness (QED) is 0.797. The zero-order chi connectivity index (χ0) is 18.1. The van der Waals surface area contributed by atoms with E-state index in [4.69, 9.17) is 31.7 Å². The summed E-state index contributed by atoms with van der Waals surface area (Å²) in [4.78, 5) is 11.1. The minimum Gasteiger partial charge on any atom is -0.481 e. The van der Waals surface area contributed by atoms with Crippen LogP contribution in [0.4, 0.5) is 0 Å². The average molecular weight is 352 g/mol. The Morgan fingerprint density at radius 3 is 2.38 bits per heavy atom. The maximum Gasteiger partial charge on any atom is 0.491 e. The number of rotatable bonds is 5. The van der Waals surface area contributed by atoms with Gasteiger partial charge in [0.2, 0.25) is 0 Å². The predicted octanol–water partition coefficient (Wildman–Crippen LogP) is 2.94. The SMILES string of the molecule is CC1(C)OB(C(=Cc2ccc(Cl)cc2CC(=O)O)CN)OC1(C)C. The third-order valence-corrected chi connectivity index (χ3v) is 4.81. The summed E-state index contributed by atoms with van der Waals surface area (Å²) < 4.78 is 12.0. The Morgan fingerprint density at radius 1 is 1.29 bits per heavy atom. The summed E-state index contributed by atoms with van der Waals surface area (Å²) in [6.07, 6.45) is 1.71. The third kappa shape index (κ3) is 4.01. The number of hydrogen-bond donors (Lipinski definition) is 2. The Balaban J connectivity index is 2.37. The summed E-state index contributed by atoms with van der Waals surface area (Å²) >= 11 is 5.98. The smallest absolute Gasteiger partial charge is 0.481 e. The van der Waals surface area contributed by atoms with Crippen molar-refractivity contribution in [1.29, 1.82) is 0 Å². The van der Waals surface area contributed by atoms with Gasteiger partial charge >= 0.3 is 13.1 Å². The molecule has 0 atom stereocenters. The second-order valence-corrected chi connectivity index (χ2v) is 7.36. The van der Waals surface area contributed by atoms with Gasteiger partial charge in [0, 0.05) is 11.6 Å². The van der Waals surface area contributed by atoms with Gasteiger partial charge in [0.1, 0.15) is 0 Å². The molecule has 0 radical (unpaired) electrons. The second kappa shape index (κ2) is 6.88. The normalized spacial score (nSPS) is 19.6. The lowest BCUT2D eigenvalue weighted by Gasteiger charge is -2.32. The molecule has 5 nitrogen and oxygen atoms in total. The van der Waals surface area contributed by atoms with E-state index >= 15 is 0 Å². The van der Waals surface area contributed by atoms with Gasteiger partial charge in [0.25, 0.3) is 0 Å². The highest BCUT2D eigenvalue weighted by Gasteiger charge is 2.52. The molecule has 0 amide bonds. The van der Waals surface area contributed by atoms with Gasteiger partial charge < -0.3 is 20.1 Å². The highest BCUT2D eigenvalue weighted by atomic mass is 35.5. The lowest BCUT2D eigenvalue weighted by Crippen LogP contribution is -2.41. The van der Waals surface area contributed by atoms with E-state index in [-0.39, 0.29) is 13.0 Å². The second-order valence-electron chi connectivity index (χ2n) is 6.93. The fourth-order valence-electron chi connectivity index (χ4n) is 2.45. The van der Waals surface area contributed by atoms with Crippen molar-refractivity contribution in [3.05, 3.63) is 39.8 Å². The fraction of sp³-hybridized carbons (Fsp3) is 0.471. The fourth-order valence-corrected chi connectivity index (χ4v) is 2.64. The van der Waals surface area contributed by atoms with E-state index in [1.54, 1.807) is 18.2 Å². The van der Waals surface area contributed by atoms with Crippen LogP contribution in [0.25, 0.3) is 6.08 Å². The Kier molecular flexibility index (Phi) is 5.45. The van der Waals surface area contributed by atoms with Crippen molar-refractivity contribution in [2.24, 2.45) is 5.73 Å². The molecule has 2 rings (SSSR count). The molecule has 1 aliphatic rings. The number of aliphatic carboxylic acids is 1. The van der Waals surface area contributed by atoms with Crippen LogP contribution < -0.4 is 5.73 Å². The lowest BCUT2D eigenvalue weighted by molar-refractivity contribution is -0.136. The van der Waals surface area contributed by atoms with Crippen molar-refractivity contribution in [1.82, 2.24) is 0 Å². The Morgan fingerprint density at radius 2 is 1.88 bits per heavy atom. The molecule has 1 saturated heterocycles. The van der Waals surface area contributed by atoms with Gasteiger partial charge in [-0.3, -0.25) is 4.79 Å². The van der Waals surface area contributed by atoms with Crippen LogP contribution in [0.5, 0.6) is 0 Å². The summed E-state index contributed by atoms with van der Waals surface area (Å²) in [7, 11) is -0.562. The van der Waals surface area contributed by atoms with Gasteiger partial charge in [0.05, 0.1) is 17.6 Å². The first-order valence-electron chi connectivity index (χ1n) is 7.82. The molecule has 1 aromatic rings. The first kappa shape index (κ1) is 19.0. The molecule has 0 bridgehead atoms. The Bertz CT molecular complexity index is 657. The first-order valence-corrected chi connectivity index (χ1v) is 8.20. The molecule has 130 valence electrons. The van der Waals surface area contributed by atoms with E-state index in [9.17, 15) is 4.79 Å². The standard InChI is InChI=1S/C17H23BClNO4/c1-16(2)17(3,4)24-18(23-16)13(10-20)7-11-5-6-14(19)8-12(11)9-15(21)22/h5-8H,9-10,20H2,1-4H3,(H,21,22). The maximum atomic E-state index is 11.1. The average Bonchev–Trinajstić information content (AvgIpc) is 2.66. The van der Waals surface area contributed by atoms with E-state index < -0.39 is 24.3 Å². The van der Waals surface area contributed by atoms with Gasteiger partial charge in [-0.1, -0.05) is 23.7 Å². The number of halogens is 1. The number of carboxylic acids is 1. The van der Waals surface area contributed by atoms with E-state index in [2.05, 4.69) is 0 Å². The first-order chi connectivity index (χ1) is 11.1. The van der Waals surface area contributed by atoms with Crippen LogP contribution in [0.3, 0.4) is 0 Å². The van der Waals surface area contributed by atoms with Gasteiger partial charge in [-0.25, -0.2) is 0 Å². The summed E-state index contributed by atoms with van der Waals surface area (Å²) in [5, 5.41) is 9.58. The minimum atomic E-state index is -0.920. The zero-order valence-electron chi connectivity index (χ0n) is 14.4. The van der Waals surface area contributed by atoms with Crippen LogP contribution >= 0.6 is 11.6 Å². The molecule has 1 aromatic carbocycles. The molecule has 0 aromatic heterocycles. The van der Waals surface area contributed by atoms with Crippen molar-refractivity contribution in [2.45, 2.75) is 45.3 Å². The van der Waals surface area contributed by atoms with Crippen LogP contribution in [0.15, 0.2) is 23.7 Å². The van der Waals surface area contributed by atoms with Crippen LogP contribution in [0.2, 0.25) is 5.02 Å². The Hall–Kier alpha value is -1.34. The lowest BCUT2D eigenvalue weighted by atomic mass is 9.76. The molecule has 1 aliphatic heterocycles. The molecule has 1 fully saturated rings. The third-order valence-electron chi connectivity index (χ3n) is 4.58. The van der Waals surface area contributed by atoms with Crippen LogP contribution in [0, 0.1) is 0 Å². The van der Waals surface area contributed by atoms with Crippen molar-refractivity contribution in [2.75, 3.05) is 6.54 Å². The highest BCUT2D eigenvalue weighted by molar-refractivity contribution is 6.56. The summed E-state index contributed by atoms with van der Waals surface area (Å²) in [6.45, 7) is 8.13. The number of nitrogens with two attached hydrogens (primary N) is 1. The van der Waals surface area contributed by atoms with Gasteiger partial charge in [0.15, 0.2) is 0 Å². The molecule has 0 aliphatic carbocycles. The van der Waals surface area contributed by atoms with Gasteiger partial charge in [-0.15, -0.1) is 0 Å². The van der Waals surface area contributed by atoms with Gasteiger partial charge in [-0.2, -0.15) is 0 Å². The molecule has 3 N–H and O–H groups in total. The van der Waals surface area contributed by atoms with Crippen LogP contribution in [-0.2, 0) is 20.5 Å². The summed E-state index contributed by atoms with van der Waals surface area (Å²) in [5.74, 6) is -0.920. The molecule has 7 heteroatoms. The molecule has 0 unspecified atom stereocenters. The number of carbonyl (C=O) groups is 1. The van der Waals surface area contributed by atoms with Crippen molar-refractivity contribution >= 4 is 30.8 Å². The molecular weight excluding hydrogens is 328 g/mol. The molecule has 0 spiro atoms. The van der Waals surface area contributed by atoms with E-state index in [1.807, 2.05) is 33.8 Å². The van der Waals surface area contributed by atoms with Gasteiger partial charge in [-0.05, 0) is 56.4 Å².